The Kier molecular flexibility index (Phi) is 4.02. The Morgan fingerprint density at radius 2 is 2.00 bits per heavy atom. The molecule has 1 aliphatic carbocycles. The van der Waals surface area contributed by atoms with Crippen LogP contribution in [0.4, 0.5) is 0 Å². The highest BCUT2D eigenvalue weighted by molar-refractivity contribution is 5.70. The average molecular weight is 304 g/mol. The molecular formula is C16H20N2O4. The lowest BCUT2D eigenvalue weighted by Gasteiger charge is -2.44. The van der Waals surface area contributed by atoms with Crippen LogP contribution in [-0.4, -0.2) is 36.1 Å². The van der Waals surface area contributed by atoms with E-state index in [4.69, 9.17) is 9.47 Å². The summed E-state index contributed by atoms with van der Waals surface area (Å²) >= 11 is 0. The summed E-state index contributed by atoms with van der Waals surface area (Å²) in [6.45, 7) is 0. The number of nitroso groups, excluding NO2 is 1. The van der Waals surface area contributed by atoms with Crippen LogP contribution < -0.4 is 9.47 Å². The molecule has 0 amide bonds. The molecular weight excluding hydrogens is 284 g/mol. The number of rotatable bonds is 3. The van der Waals surface area contributed by atoms with E-state index in [1.165, 1.54) is 13.3 Å². The molecule has 0 radical (unpaired) electrons. The SMILES string of the molecule is COc1ccc(C2=C[N+](=O)[C@@H]3CCCC[C@H]3N2[O-])c(OC)c1. The van der Waals surface area contributed by atoms with Crippen LogP contribution in [-0.2, 0) is 0 Å². The van der Waals surface area contributed by atoms with Gasteiger partial charge in [-0.05, 0) is 25.0 Å². The van der Waals surface area contributed by atoms with Crippen LogP contribution in [0.3, 0.4) is 0 Å². The van der Waals surface area contributed by atoms with Crippen molar-refractivity contribution in [3.05, 3.63) is 40.1 Å². The molecule has 22 heavy (non-hydrogen) atoms. The zero-order chi connectivity index (χ0) is 15.7. The molecule has 0 unspecified atom stereocenters. The van der Waals surface area contributed by atoms with Gasteiger partial charge in [0, 0.05) is 27.7 Å². The Balaban J connectivity index is 2.02. The van der Waals surface area contributed by atoms with Crippen molar-refractivity contribution in [3.63, 3.8) is 0 Å². The van der Waals surface area contributed by atoms with Gasteiger partial charge in [0.15, 0.2) is 0 Å². The van der Waals surface area contributed by atoms with Gasteiger partial charge in [0.2, 0.25) is 12.2 Å². The first-order valence-corrected chi connectivity index (χ1v) is 7.51. The van der Waals surface area contributed by atoms with Crippen LogP contribution >= 0.6 is 0 Å². The third-order valence-electron chi connectivity index (χ3n) is 4.49. The summed E-state index contributed by atoms with van der Waals surface area (Å²) in [4.78, 5) is 12.3. The first kappa shape index (κ1) is 14.8. The monoisotopic (exact) mass is 304 g/mol. The van der Waals surface area contributed by atoms with Gasteiger partial charge in [0.25, 0.3) is 0 Å². The Morgan fingerprint density at radius 3 is 2.73 bits per heavy atom. The van der Waals surface area contributed by atoms with E-state index in [1.54, 1.807) is 25.3 Å². The van der Waals surface area contributed by atoms with Gasteiger partial charge in [0.05, 0.1) is 20.3 Å². The zero-order valence-corrected chi connectivity index (χ0v) is 12.8. The topological polar surface area (TPSA) is 64.8 Å². The average Bonchev–Trinajstić information content (AvgIpc) is 2.57. The Labute approximate surface area is 129 Å². The van der Waals surface area contributed by atoms with E-state index in [-0.39, 0.29) is 12.1 Å². The van der Waals surface area contributed by atoms with Crippen LogP contribution in [0.25, 0.3) is 5.70 Å². The number of hydrogen-bond acceptors (Lipinski definition) is 5. The van der Waals surface area contributed by atoms with Gasteiger partial charge in [-0.1, -0.05) is 6.42 Å². The molecule has 2 aliphatic rings. The van der Waals surface area contributed by atoms with Gasteiger partial charge < -0.3 is 19.7 Å². The number of fused-ring (bicyclic) bond motifs is 1. The van der Waals surface area contributed by atoms with E-state index in [9.17, 15) is 10.1 Å². The van der Waals surface area contributed by atoms with Crippen molar-refractivity contribution >= 4 is 5.70 Å². The molecule has 1 aliphatic heterocycles. The van der Waals surface area contributed by atoms with Crippen molar-refractivity contribution in [1.82, 2.24) is 5.06 Å². The van der Waals surface area contributed by atoms with Gasteiger partial charge >= 0.3 is 0 Å². The molecule has 1 saturated carbocycles. The van der Waals surface area contributed by atoms with Crippen molar-refractivity contribution in [2.24, 2.45) is 0 Å². The van der Waals surface area contributed by atoms with Gasteiger partial charge in [-0.2, -0.15) is 0 Å². The van der Waals surface area contributed by atoms with E-state index >= 15 is 0 Å². The summed E-state index contributed by atoms with van der Waals surface area (Å²) < 4.78 is 11.5. The predicted octanol–water partition coefficient (Wildman–Crippen LogP) is 2.91. The molecule has 0 N–H and O–H groups in total. The number of hydroxylamine groups is 2. The van der Waals surface area contributed by atoms with Crippen molar-refractivity contribution in [3.8, 4) is 11.5 Å². The minimum atomic E-state index is -0.280. The third-order valence-corrected chi connectivity index (χ3v) is 4.49. The number of nitrogens with zero attached hydrogens (tertiary/aromatic N) is 2. The molecule has 1 fully saturated rings. The smallest absolute Gasteiger partial charge is 0.244 e. The van der Waals surface area contributed by atoms with Crippen LogP contribution in [0.1, 0.15) is 31.2 Å². The highest BCUT2D eigenvalue weighted by Crippen LogP contribution is 2.38. The molecule has 0 aromatic heterocycles. The molecule has 6 nitrogen and oxygen atoms in total. The standard InChI is InChI=1S/C16H20N2O4/c1-21-11-7-8-12(16(9-11)22-2)15-10-17(19)13-5-3-4-6-14(13)18(15)20/h7-10,13-14H,3-6H2,1-2H3/t13-,14-/m1/s1. The number of ether oxygens (including phenoxy) is 2. The van der Waals surface area contributed by atoms with Gasteiger partial charge in [-0.25, -0.2) is 0 Å². The minimum absolute atomic E-state index is 0.237. The zero-order valence-electron chi connectivity index (χ0n) is 12.8. The number of hydrogen-bond donors (Lipinski definition) is 0. The van der Waals surface area contributed by atoms with Crippen LogP contribution in [0.15, 0.2) is 24.4 Å². The summed E-state index contributed by atoms with van der Waals surface area (Å²) in [7, 11) is 3.11. The highest BCUT2D eigenvalue weighted by atomic mass is 16.5. The Hall–Kier alpha value is -2.08. The maximum absolute atomic E-state index is 12.7. The maximum Gasteiger partial charge on any atom is 0.244 e. The fraction of sp³-hybridized carbons (Fsp3) is 0.500. The van der Waals surface area contributed by atoms with Crippen LogP contribution in [0.2, 0.25) is 0 Å². The molecule has 0 bridgehead atoms. The predicted molar refractivity (Wildman–Crippen MR) is 82.4 cm³/mol. The van der Waals surface area contributed by atoms with Crippen molar-refractivity contribution in [2.75, 3.05) is 14.2 Å². The van der Waals surface area contributed by atoms with E-state index in [0.717, 1.165) is 35.5 Å². The normalized spacial score (nSPS) is 24.6. The Bertz CT molecular complexity index is 614. The number of benzene rings is 1. The second kappa shape index (κ2) is 5.96. The van der Waals surface area contributed by atoms with E-state index in [2.05, 4.69) is 0 Å². The van der Waals surface area contributed by atoms with Crippen molar-refractivity contribution < 1.29 is 14.2 Å². The second-order valence-electron chi connectivity index (χ2n) is 5.69. The summed E-state index contributed by atoms with van der Waals surface area (Å²) in [6.07, 6.45) is 4.91. The summed E-state index contributed by atoms with van der Waals surface area (Å²) in [5.41, 5.74) is 0.973. The second-order valence-corrected chi connectivity index (χ2v) is 5.69. The summed E-state index contributed by atoms with van der Waals surface area (Å²) in [5.74, 6) is 1.16. The third kappa shape index (κ3) is 2.43. The van der Waals surface area contributed by atoms with E-state index in [1.807, 2.05) is 0 Å². The van der Waals surface area contributed by atoms with E-state index in [0.29, 0.717) is 22.8 Å². The van der Waals surface area contributed by atoms with Crippen LogP contribution in [0.5, 0.6) is 11.5 Å². The lowest BCUT2D eigenvalue weighted by molar-refractivity contribution is -0.536. The largest absolute Gasteiger partial charge is 0.758 e. The lowest BCUT2D eigenvalue weighted by Crippen LogP contribution is -2.49. The number of methoxy groups -OCH3 is 2. The lowest BCUT2D eigenvalue weighted by atomic mass is 9.88. The molecule has 0 saturated heterocycles. The quantitative estimate of drug-likeness (QED) is 0.803. The fourth-order valence-electron chi connectivity index (χ4n) is 3.31. The molecule has 1 aromatic rings. The minimum Gasteiger partial charge on any atom is -0.758 e. The first-order chi connectivity index (χ1) is 10.7. The van der Waals surface area contributed by atoms with Gasteiger partial charge in [-0.3, -0.25) is 0 Å². The van der Waals surface area contributed by atoms with Crippen molar-refractivity contribution in [1.29, 1.82) is 0 Å². The summed E-state index contributed by atoms with van der Waals surface area (Å²) in [6, 6.07) is 4.71. The molecule has 3 rings (SSSR count). The molecule has 0 spiro atoms. The van der Waals surface area contributed by atoms with Crippen LogP contribution in [0, 0.1) is 10.1 Å². The maximum atomic E-state index is 12.7. The fourth-order valence-corrected chi connectivity index (χ4v) is 3.31. The molecule has 1 heterocycles. The van der Waals surface area contributed by atoms with Gasteiger partial charge in [-0.15, -0.1) is 0 Å². The first-order valence-electron chi connectivity index (χ1n) is 7.51. The molecule has 118 valence electrons. The van der Waals surface area contributed by atoms with E-state index < -0.39 is 0 Å². The summed E-state index contributed by atoms with van der Waals surface area (Å²) in [5, 5.41) is 13.7. The molecule has 1 aromatic carbocycles. The molecule has 2 atom stereocenters. The van der Waals surface area contributed by atoms with Crippen molar-refractivity contribution in [2.45, 2.75) is 37.8 Å². The van der Waals surface area contributed by atoms with Gasteiger partial charge in [0.1, 0.15) is 17.2 Å². The molecule has 6 heteroatoms. The Morgan fingerprint density at radius 1 is 1.23 bits per heavy atom. The highest BCUT2D eigenvalue weighted by Gasteiger charge is 2.42.